The van der Waals surface area contributed by atoms with Crippen LogP contribution >= 0.6 is 0 Å². The second-order valence-electron chi connectivity index (χ2n) is 10.5. The number of fused-ring (bicyclic) bond motifs is 2. The second-order valence-corrected chi connectivity index (χ2v) is 10.5. The number of aromatic nitrogens is 5. The molecule has 0 unspecified atom stereocenters. The number of pyridine rings is 2. The molecule has 2 aliphatic heterocycles. The van der Waals surface area contributed by atoms with E-state index < -0.39 is 0 Å². The van der Waals surface area contributed by atoms with Crippen molar-refractivity contribution in [1.29, 1.82) is 0 Å². The van der Waals surface area contributed by atoms with Gasteiger partial charge >= 0.3 is 0 Å². The molecule has 2 saturated heterocycles. The molecule has 1 spiro atoms. The van der Waals surface area contributed by atoms with Gasteiger partial charge in [-0.25, -0.2) is 14.5 Å². The first-order valence-electron chi connectivity index (χ1n) is 12.2. The van der Waals surface area contributed by atoms with Gasteiger partial charge in [-0.15, -0.1) is 0 Å². The minimum atomic E-state index is 0.347. The summed E-state index contributed by atoms with van der Waals surface area (Å²) in [7, 11) is 0. The lowest BCUT2D eigenvalue weighted by atomic mass is 9.73. The van der Waals surface area contributed by atoms with Gasteiger partial charge in [0.05, 0.1) is 16.7 Å². The van der Waals surface area contributed by atoms with Crippen LogP contribution in [0.2, 0.25) is 0 Å². The van der Waals surface area contributed by atoms with Crippen LogP contribution in [0.3, 0.4) is 0 Å². The van der Waals surface area contributed by atoms with Crippen LogP contribution < -0.4 is 4.90 Å². The van der Waals surface area contributed by atoms with E-state index in [9.17, 15) is 0 Å². The molecule has 0 aliphatic carbocycles. The van der Waals surface area contributed by atoms with Gasteiger partial charge in [0.15, 0.2) is 5.65 Å². The Morgan fingerprint density at radius 1 is 1.09 bits per heavy atom. The molecular weight excluding hydrogens is 410 g/mol. The van der Waals surface area contributed by atoms with E-state index in [1.54, 1.807) is 6.33 Å². The minimum Gasteiger partial charge on any atom is -0.355 e. The monoisotopic (exact) mass is 443 g/mol. The summed E-state index contributed by atoms with van der Waals surface area (Å²) in [5, 5.41) is 4.40. The lowest BCUT2D eigenvalue weighted by Crippen LogP contribution is -2.72. The molecule has 172 valence electrons. The van der Waals surface area contributed by atoms with Crippen LogP contribution in [0, 0.1) is 19.3 Å². The molecule has 0 bridgehead atoms. The molecule has 4 aromatic heterocycles. The fraction of sp³-hybridized carbons (Fsp3) is 0.500. The summed E-state index contributed by atoms with van der Waals surface area (Å²) in [5.74, 6) is 1.45. The van der Waals surface area contributed by atoms with Crippen LogP contribution in [-0.4, -0.2) is 62.2 Å². The van der Waals surface area contributed by atoms with E-state index >= 15 is 0 Å². The number of anilines is 1. The maximum absolute atomic E-state index is 5.19. The highest BCUT2D eigenvalue weighted by Gasteiger charge is 2.51. The standard InChI is InChI=1S/C26H33N7/c1-6-9-31-11-26(12-31)13-32(14-26)21-8-7-20-24(30-21)22(16(2)3)23(29-20)19-10-33-25(27-15-28-33)18(5)17(19)4/h7-8,10,15-16,29H,6,9,11-14H2,1-5H3. The number of nitrogens with one attached hydrogen (secondary N) is 1. The summed E-state index contributed by atoms with van der Waals surface area (Å²) in [6, 6.07) is 4.39. The molecule has 0 aromatic carbocycles. The molecule has 4 aromatic rings. The number of H-pyrrole nitrogens is 1. The summed E-state index contributed by atoms with van der Waals surface area (Å²) in [6.45, 7) is 17.0. The van der Waals surface area contributed by atoms with Crippen molar-refractivity contribution in [1.82, 2.24) is 29.5 Å². The van der Waals surface area contributed by atoms with Gasteiger partial charge < -0.3 is 14.8 Å². The van der Waals surface area contributed by atoms with Crippen LogP contribution in [0.4, 0.5) is 5.82 Å². The van der Waals surface area contributed by atoms with Crippen molar-refractivity contribution in [3.8, 4) is 11.3 Å². The van der Waals surface area contributed by atoms with E-state index in [0.29, 0.717) is 11.3 Å². The normalized spacial score (nSPS) is 17.9. The quantitative estimate of drug-likeness (QED) is 0.490. The predicted octanol–water partition coefficient (Wildman–Crippen LogP) is 4.54. The topological polar surface area (TPSA) is 65.3 Å². The van der Waals surface area contributed by atoms with Gasteiger partial charge in [0.1, 0.15) is 12.1 Å². The van der Waals surface area contributed by atoms with Crippen LogP contribution in [0.25, 0.3) is 27.9 Å². The van der Waals surface area contributed by atoms with Crippen molar-refractivity contribution in [2.75, 3.05) is 37.6 Å². The minimum absolute atomic E-state index is 0.347. The number of nitrogens with zero attached hydrogens (tertiary/aromatic N) is 6. The fourth-order valence-corrected chi connectivity index (χ4v) is 5.98. The molecule has 2 fully saturated rings. The number of likely N-dealkylation sites (tertiary alicyclic amines) is 1. The third kappa shape index (κ3) is 3.09. The van der Waals surface area contributed by atoms with Gasteiger partial charge in [-0.3, -0.25) is 0 Å². The molecule has 0 saturated carbocycles. The molecule has 0 amide bonds. The molecule has 6 heterocycles. The maximum atomic E-state index is 5.19. The largest absolute Gasteiger partial charge is 0.355 e. The van der Waals surface area contributed by atoms with Crippen molar-refractivity contribution in [3.05, 3.63) is 41.3 Å². The second kappa shape index (κ2) is 7.29. The average Bonchev–Trinajstić information content (AvgIpc) is 3.35. The van der Waals surface area contributed by atoms with Crippen LogP contribution in [-0.2, 0) is 0 Å². The number of aryl methyl sites for hydroxylation is 1. The van der Waals surface area contributed by atoms with Gasteiger partial charge in [0.2, 0.25) is 0 Å². The van der Waals surface area contributed by atoms with Gasteiger partial charge in [-0.05, 0) is 56.0 Å². The van der Waals surface area contributed by atoms with Crippen LogP contribution in [0.15, 0.2) is 24.7 Å². The summed E-state index contributed by atoms with van der Waals surface area (Å²) < 4.78 is 1.88. The number of hydrogen-bond acceptors (Lipinski definition) is 5. The van der Waals surface area contributed by atoms with Crippen molar-refractivity contribution in [2.24, 2.45) is 5.41 Å². The molecule has 33 heavy (non-hydrogen) atoms. The summed E-state index contributed by atoms with van der Waals surface area (Å²) in [6.07, 6.45) is 4.96. The van der Waals surface area contributed by atoms with Gasteiger partial charge in [-0.1, -0.05) is 20.8 Å². The number of rotatable bonds is 5. The SMILES string of the molecule is CCCN1CC2(C1)CN(c1ccc3[nH]c(-c4cn5ncnc5c(C)c4C)c(C(C)C)c3n1)C2. The Balaban J connectivity index is 1.37. The molecule has 1 N–H and O–H groups in total. The highest BCUT2D eigenvalue weighted by molar-refractivity contribution is 5.90. The number of aromatic amines is 1. The van der Waals surface area contributed by atoms with Crippen molar-refractivity contribution in [2.45, 2.75) is 47.0 Å². The Bertz CT molecular complexity index is 1350. The maximum Gasteiger partial charge on any atom is 0.158 e. The van der Waals surface area contributed by atoms with E-state index in [0.717, 1.165) is 46.8 Å². The first-order valence-corrected chi connectivity index (χ1v) is 12.2. The van der Waals surface area contributed by atoms with Gasteiger partial charge in [0.25, 0.3) is 0 Å². The fourth-order valence-electron chi connectivity index (χ4n) is 5.98. The first kappa shape index (κ1) is 20.7. The number of hydrogen-bond donors (Lipinski definition) is 1. The lowest BCUT2D eigenvalue weighted by Gasteiger charge is -2.60. The van der Waals surface area contributed by atoms with Gasteiger partial charge in [0, 0.05) is 48.9 Å². The van der Waals surface area contributed by atoms with Gasteiger partial charge in [-0.2, -0.15) is 5.10 Å². The van der Waals surface area contributed by atoms with E-state index in [1.807, 2.05) is 4.52 Å². The van der Waals surface area contributed by atoms with Crippen molar-refractivity contribution >= 4 is 22.5 Å². The molecule has 7 heteroatoms. The highest BCUT2D eigenvalue weighted by Crippen LogP contribution is 2.43. The van der Waals surface area contributed by atoms with Crippen molar-refractivity contribution < 1.29 is 0 Å². The van der Waals surface area contributed by atoms with Crippen LogP contribution in [0.1, 0.15) is 49.8 Å². The Morgan fingerprint density at radius 2 is 1.88 bits per heavy atom. The third-order valence-corrected chi connectivity index (χ3v) is 7.67. The van der Waals surface area contributed by atoms with Crippen LogP contribution in [0.5, 0.6) is 0 Å². The Morgan fingerprint density at radius 3 is 2.61 bits per heavy atom. The molecule has 7 nitrogen and oxygen atoms in total. The van der Waals surface area contributed by atoms with E-state index in [2.05, 4.69) is 77.8 Å². The Kier molecular flexibility index (Phi) is 4.56. The zero-order chi connectivity index (χ0) is 22.9. The summed E-state index contributed by atoms with van der Waals surface area (Å²) in [4.78, 5) is 18.4. The molecule has 0 atom stereocenters. The molecule has 6 rings (SSSR count). The Labute approximate surface area is 194 Å². The average molecular weight is 444 g/mol. The molecular formula is C26H33N7. The van der Waals surface area contributed by atoms with E-state index in [4.69, 9.17) is 4.98 Å². The first-order chi connectivity index (χ1) is 15.9. The Hall–Kier alpha value is -2.93. The van der Waals surface area contributed by atoms with E-state index in [-0.39, 0.29) is 0 Å². The smallest absolute Gasteiger partial charge is 0.158 e. The zero-order valence-corrected chi connectivity index (χ0v) is 20.3. The highest BCUT2D eigenvalue weighted by atomic mass is 15.3. The summed E-state index contributed by atoms with van der Waals surface area (Å²) >= 11 is 0. The zero-order valence-electron chi connectivity index (χ0n) is 20.3. The molecule has 0 radical (unpaired) electrons. The molecule has 2 aliphatic rings. The van der Waals surface area contributed by atoms with Crippen molar-refractivity contribution in [3.63, 3.8) is 0 Å². The lowest BCUT2D eigenvalue weighted by molar-refractivity contribution is -0.0215. The summed E-state index contributed by atoms with van der Waals surface area (Å²) in [5.41, 5.74) is 9.60. The predicted molar refractivity (Wildman–Crippen MR) is 133 cm³/mol. The van der Waals surface area contributed by atoms with E-state index in [1.165, 1.54) is 42.7 Å². The third-order valence-electron chi connectivity index (χ3n) is 7.67.